The van der Waals surface area contributed by atoms with E-state index < -0.39 is 0 Å². The lowest BCUT2D eigenvalue weighted by molar-refractivity contribution is -0.0161. The van der Waals surface area contributed by atoms with Crippen LogP contribution in [0.2, 0.25) is 0 Å². The van der Waals surface area contributed by atoms with E-state index in [2.05, 4.69) is 25.7 Å². The monoisotopic (exact) mass is 328 g/mol. The molecule has 1 N–H and O–H groups in total. The van der Waals surface area contributed by atoms with Gasteiger partial charge in [0.1, 0.15) is 0 Å². The molecule has 0 aromatic rings. The largest absolute Gasteiger partial charge is 0.501 e. The van der Waals surface area contributed by atoms with Gasteiger partial charge in [0.05, 0.1) is 12.9 Å². The van der Waals surface area contributed by atoms with Crippen LogP contribution in [0.3, 0.4) is 0 Å². The zero-order valence-corrected chi connectivity index (χ0v) is 15.3. The fourth-order valence-corrected chi connectivity index (χ4v) is 6.80. The predicted octanol–water partition coefficient (Wildman–Crippen LogP) is 4.86. The second-order valence-corrected chi connectivity index (χ2v) is 8.78. The van der Waals surface area contributed by atoms with Crippen molar-refractivity contribution in [3.05, 3.63) is 35.6 Å². The number of rotatable bonds is 3. The first kappa shape index (κ1) is 16.4. The van der Waals surface area contributed by atoms with Gasteiger partial charge in [-0.05, 0) is 79.6 Å². The third kappa shape index (κ3) is 2.25. The van der Waals surface area contributed by atoms with Gasteiger partial charge in [-0.1, -0.05) is 24.1 Å². The molecule has 132 valence electrons. The molecule has 0 spiro atoms. The maximum Gasteiger partial charge on any atom is 0.0959 e. The highest BCUT2D eigenvalue weighted by Crippen LogP contribution is 2.64. The van der Waals surface area contributed by atoms with Crippen LogP contribution in [0.25, 0.3) is 0 Å². The molecule has 0 heterocycles. The Balaban J connectivity index is 1.67. The minimum atomic E-state index is 0.345. The fourth-order valence-electron chi connectivity index (χ4n) is 6.80. The maximum atomic E-state index is 9.88. The van der Waals surface area contributed by atoms with Gasteiger partial charge in [0.2, 0.25) is 0 Å². The molecule has 6 atom stereocenters. The lowest BCUT2D eigenvalue weighted by Gasteiger charge is -2.54. The smallest absolute Gasteiger partial charge is 0.0959 e. The average molecular weight is 328 g/mol. The highest BCUT2D eigenvalue weighted by molar-refractivity contribution is 5.34. The van der Waals surface area contributed by atoms with Gasteiger partial charge in [-0.3, -0.25) is 0 Å². The summed E-state index contributed by atoms with van der Waals surface area (Å²) in [5.74, 6) is 4.51. The minimum Gasteiger partial charge on any atom is -0.501 e. The lowest BCUT2D eigenvalue weighted by Crippen LogP contribution is -2.47. The van der Waals surface area contributed by atoms with Crippen LogP contribution in [0.4, 0.5) is 0 Å². The lowest BCUT2D eigenvalue weighted by atomic mass is 9.51. The molecule has 4 aliphatic rings. The Labute approximate surface area is 146 Å². The molecule has 0 aliphatic heterocycles. The van der Waals surface area contributed by atoms with Crippen LogP contribution in [0.5, 0.6) is 0 Å². The van der Waals surface area contributed by atoms with E-state index in [1.807, 2.05) is 0 Å². The van der Waals surface area contributed by atoms with E-state index in [1.165, 1.54) is 32.1 Å². The van der Waals surface area contributed by atoms with Crippen LogP contribution in [-0.2, 0) is 4.74 Å². The minimum absolute atomic E-state index is 0.345. The Hall–Kier alpha value is -1.02. The molecule has 24 heavy (non-hydrogen) atoms. The first-order chi connectivity index (χ1) is 11.6. The molecular formula is C22H32O2. The molecule has 0 aromatic heterocycles. The summed E-state index contributed by atoms with van der Waals surface area (Å²) >= 11 is 0. The Morgan fingerprint density at radius 1 is 1.38 bits per heavy atom. The second kappa shape index (κ2) is 6.05. The van der Waals surface area contributed by atoms with Gasteiger partial charge >= 0.3 is 0 Å². The van der Waals surface area contributed by atoms with Crippen molar-refractivity contribution in [1.29, 1.82) is 0 Å². The van der Waals surface area contributed by atoms with Gasteiger partial charge in [0, 0.05) is 13.0 Å². The number of fused-ring (bicyclic) bond motifs is 4. The second-order valence-electron chi connectivity index (χ2n) is 8.78. The molecule has 0 saturated heterocycles. The number of ether oxygens (including phenoxy) is 1. The van der Waals surface area contributed by atoms with Gasteiger partial charge < -0.3 is 9.84 Å². The molecule has 2 fully saturated rings. The van der Waals surface area contributed by atoms with Crippen molar-refractivity contribution in [2.45, 2.75) is 51.9 Å². The summed E-state index contributed by atoms with van der Waals surface area (Å²) < 4.78 is 5.53. The average Bonchev–Trinajstić information content (AvgIpc) is 2.96. The zero-order valence-electron chi connectivity index (χ0n) is 15.3. The SMILES string of the molecule is C=C[C@@H]1CC2=C(CC=C(OC)C2)[C@H]2CC[C@]3(C)C(CO)CC[C@H]3[C@H]12. The number of aliphatic hydroxyl groups is 1. The van der Waals surface area contributed by atoms with Crippen LogP contribution < -0.4 is 0 Å². The van der Waals surface area contributed by atoms with Gasteiger partial charge in [0.25, 0.3) is 0 Å². The highest BCUT2D eigenvalue weighted by Gasteiger charge is 2.56. The summed E-state index contributed by atoms with van der Waals surface area (Å²) in [6.45, 7) is 7.05. The molecule has 4 rings (SSSR count). The topological polar surface area (TPSA) is 29.5 Å². The third-order valence-corrected chi connectivity index (χ3v) is 8.13. The standard InChI is InChI=1S/C22H32O2/c1-4-14-11-15-12-17(24-3)6-7-18(15)19-9-10-22(2)16(13-23)5-8-20(22)21(14)19/h4,6,14,16,19-21,23H,1,5,7-13H2,2-3H3/t14-,16?,19-,20+,21-,22-/m1/s1. The quantitative estimate of drug-likeness (QED) is 0.749. The van der Waals surface area contributed by atoms with E-state index in [9.17, 15) is 5.11 Å². The van der Waals surface area contributed by atoms with Crippen molar-refractivity contribution >= 4 is 0 Å². The fraction of sp³-hybridized carbons (Fsp3) is 0.727. The molecule has 2 saturated carbocycles. The van der Waals surface area contributed by atoms with Crippen molar-refractivity contribution in [3.63, 3.8) is 0 Å². The molecule has 1 unspecified atom stereocenters. The van der Waals surface area contributed by atoms with E-state index in [0.717, 1.165) is 36.4 Å². The van der Waals surface area contributed by atoms with Crippen molar-refractivity contribution in [2.75, 3.05) is 13.7 Å². The molecule has 4 aliphatic carbocycles. The first-order valence-electron chi connectivity index (χ1n) is 9.79. The van der Waals surface area contributed by atoms with Crippen LogP contribution in [-0.4, -0.2) is 18.8 Å². The van der Waals surface area contributed by atoms with Crippen LogP contribution >= 0.6 is 0 Å². The van der Waals surface area contributed by atoms with Crippen molar-refractivity contribution in [1.82, 2.24) is 0 Å². The number of aliphatic hydroxyl groups excluding tert-OH is 1. The van der Waals surface area contributed by atoms with E-state index in [-0.39, 0.29) is 0 Å². The zero-order chi connectivity index (χ0) is 16.9. The Kier molecular flexibility index (Phi) is 4.15. The van der Waals surface area contributed by atoms with Crippen LogP contribution in [0.15, 0.2) is 35.6 Å². The Bertz CT molecular complexity index is 587. The van der Waals surface area contributed by atoms with E-state index in [4.69, 9.17) is 4.74 Å². The normalized spacial score (nSPS) is 44.3. The third-order valence-electron chi connectivity index (χ3n) is 8.13. The summed E-state index contributed by atoms with van der Waals surface area (Å²) in [5, 5.41) is 9.88. The van der Waals surface area contributed by atoms with Crippen LogP contribution in [0, 0.1) is 35.0 Å². The van der Waals surface area contributed by atoms with Crippen molar-refractivity contribution < 1.29 is 9.84 Å². The van der Waals surface area contributed by atoms with Gasteiger partial charge in [-0.2, -0.15) is 0 Å². The summed E-state index contributed by atoms with van der Waals surface area (Å²) in [6, 6.07) is 0. The van der Waals surface area contributed by atoms with E-state index in [0.29, 0.717) is 23.9 Å². The highest BCUT2D eigenvalue weighted by atomic mass is 16.5. The van der Waals surface area contributed by atoms with Gasteiger partial charge in [-0.25, -0.2) is 0 Å². The number of allylic oxidation sites excluding steroid dienone is 4. The molecule has 2 heteroatoms. The van der Waals surface area contributed by atoms with Gasteiger partial charge in [-0.15, -0.1) is 6.58 Å². The van der Waals surface area contributed by atoms with Crippen molar-refractivity contribution in [3.8, 4) is 0 Å². The van der Waals surface area contributed by atoms with Gasteiger partial charge in [0.15, 0.2) is 0 Å². The summed E-state index contributed by atoms with van der Waals surface area (Å²) in [6.07, 6.45) is 12.9. The summed E-state index contributed by atoms with van der Waals surface area (Å²) in [7, 11) is 1.80. The Morgan fingerprint density at radius 2 is 2.21 bits per heavy atom. The predicted molar refractivity (Wildman–Crippen MR) is 97.3 cm³/mol. The Morgan fingerprint density at radius 3 is 2.92 bits per heavy atom. The van der Waals surface area contributed by atoms with E-state index >= 15 is 0 Å². The number of methoxy groups -OCH3 is 1. The molecule has 0 amide bonds. The first-order valence-corrected chi connectivity index (χ1v) is 9.79. The van der Waals surface area contributed by atoms with E-state index in [1.54, 1.807) is 18.3 Å². The molecular weight excluding hydrogens is 296 g/mol. The summed E-state index contributed by atoms with van der Waals surface area (Å²) in [5.41, 5.74) is 3.71. The number of hydrogen-bond acceptors (Lipinski definition) is 2. The number of hydrogen-bond donors (Lipinski definition) is 1. The summed E-state index contributed by atoms with van der Waals surface area (Å²) in [4.78, 5) is 0. The maximum absolute atomic E-state index is 9.88. The van der Waals surface area contributed by atoms with Crippen molar-refractivity contribution in [2.24, 2.45) is 35.0 Å². The molecule has 2 nitrogen and oxygen atoms in total. The molecule has 0 bridgehead atoms. The van der Waals surface area contributed by atoms with Crippen LogP contribution in [0.1, 0.15) is 51.9 Å². The molecule has 0 aromatic carbocycles. The molecule has 0 radical (unpaired) electrons.